The summed E-state index contributed by atoms with van der Waals surface area (Å²) in [6, 6.07) is 4.50. The van der Waals surface area contributed by atoms with E-state index in [-0.39, 0.29) is 6.04 Å². The van der Waals surface area contributed by atoms with E-state index in [0.717, 1.165) is 12.4 Å². The topological polar surface area (TPSA) is 29.9 Å². The van der Waals surface area contributed by atoms with Crippen molar-refractivity contribution in [3.8, 4) is 0 Å². The quantitative estimate of drug-likeness (QED) is 0.909. The van der Waals surface area contributed by atoms with Crippen molar-refractivity contribution >= 4 is 11.3 Å². The number of aryl methyl sites for hydroxylation is 1. The van der Waals surface area contributed by atoms with Gasteiger partial charge in [0.1, 0.15) is 11.9 Å². The Labute approximate surface area is 131 Å². The van der Waals surface area contributed by atoms with Crippen molar-refractivity contribution in [1.29, 1.82) is 0 Å². The summed E-state index contributed by atoms with van der Waals surface area (Å²) >= 11 is 1.79. The minimum Gasteiger partial charge on any atom is -0.336 e. The van der Waals surface area contributed by atoms with Crippen LogP contribution in [0.1, 0.15) is 44.4 Å². The van der Waals surface area contributed by atoms with E-state index in [9.17, 15) is 0 Å². The highest BCUT2D eigenvalue weighted by molar-refractivity contribution is 7.10. The summed E-state index contributed by atoms with van der Waals surface area (Å²) in [4.78, 5) is 5.88. The molecule has 1 fully saturated rings. The second-order valence-electron chi connectivity index (χ2n) is 7.25. The van der Waals surface area contributed by atoms with E-state index in [0.29, 0.717) is 16.7 Å². The number of aromatic nitrogens is 2. The van der Waals surface area contributed by atoms with Crippen LogP contribution in [0.3, 0.4) is 0 Å². The Hall–Kier alpha value is -1.13. The lowest BCUT2D eigenvalue weighted by molar-refractivity contribution is 0.457. The number of thiophene rings is 1. The first-order valence-electron chi connectivity index (χ1n) is 7.59. The van der Waals surface area contributed by atoms with Crippen molar-refractivity contribution < 1.29 is 0 Å². The number of hydrogen-bond acceptors (Lipinski definition) is 3. The van der Waals surface area contributed by atoms with Crippen LogP contribution in [0, 0.1) is 16.7 Å². The summed E-state index contributed by atoms with van der Waals surface area (Å²) in [6.45, 7) is 10.5. The van der Waals surface area contributed by atoms with Gasteiger partial charge < -0.3 is 9.88 Å². The van der Waals surface area contributed by atoms with Gasteiger partial charge in [-0.1, -0.05) is 33.8 Å². The molecule has 114 valence electrons. The largest absolute Gasteiger partial charge is 0.336 e. The minimum atomic E-state index is 0.192. The van der Waals surface area contributed by atoms with Crippen LogP contribution < -0.4 is 5.32 Å². The normalized spacial score (nSPS) is 21.4. The van der Waals surface area contributed by atoms with E-state index in [2.05, 4.69) is 67.1 Å². The Morgan fingerprint density at radius 1 is 1.33 bits per heavy atom. The molecule has 3 nitrogen and oxygen atoms in total. The molecule has 1 unspecified atom stereocenters. The summed E-state index contributed by atoms with van der Waals surface area (Å²) in [7, 11) is 2.07. The Morgan fingerprint density at radius 2 is 2.05 bits per heavy atom. The molecule has 1 aliphatic carbocycles. The zero-order chi connectivity index (χ0) is 15.3. The summed E-state index contributed by atoms with van der Waals surface area (Å²) in [6.07, 6.45) is 3.89. The maximum absolute atomic E-state index is 4.55. The molecule has 2 aromatic rings. The third-order valence-electron chi connectivity index (χ3n) is 5.79. The monoisotopic (exact) mass is 303 g/mol. The van der Waals surface area contributed by atoms with Crippen molar-refractivity contribution in [2.45, 2.75) is 33.7 Å². The first kappa shape index (κ1) is 14.8. The summed E-state index contributed by atoms with van der Waals surface area (Å²) < 4.78 is 2.11. The second kappa shape index (κ2) is 4.96. The highest BCUT2D eigenvalue weighted by atomic mass is 32.1. The van der Waals surface area contributed by atoms with E-state index in [1.165, 1.54) is 4.88 Å². The number of nitrogens with one attached hydrogen (secondary N) is 1. The molecule has 2 aromatic heterocycles. The molecule has 0 aromatic carbocycles. The molecule has 1 saturated carbocycles. The number of hydrogen-bond donors (Lipinski definition) is 1. The smallest absolute Gasteiger partial charge is 0.131 e. The first-order valence-corrected chi connectivity index (χ1v) is 8.47. The van der Waals surface area contributed by atoms with Crippen LogP contribution in [-0.2, 0) is 7.05 Å². The van der Waals surface area contributed by atoms with Crippen LogP contribution in [-0.4, -0.2) is 16.1 Å². The predicted octanol–water partition coefficient (Wildman–Crippen LogP) is 3.84. The van der Waals surface area contributed by atoms with Crippen LogP contribution in [0.5, 0.6) is 0 Å². The Kier molecular flexibility index (Phi) is 3.49. The van der Waals surface area contributed by atoms with Gasteiger partial charge in [-0.3, -0.25) is 0 Å². The van der Waals surface area contributed by atoms with Gasteiger partial charge >= 0.3 is 0 Å². The summed E-state index contributed by atoms with van der Waals surface area (Å²) in [5, 5.41) is 5.90. The van der Waals surface area contributed by atoms with E-state index >= 15 is 0 Å². The third-order valence-corrected chi connectivity index (χ3v) is 6.73. The van der Waals surface area contributed by atoms with Gasteiger partial charge in [0.05, 0.1) is 0 Å². The Morgan fingerprint density at radius 3 is 2.52 bits per heavy atom. The van der Waals surface area contributed by atoms with Gasteiger partial charge in [-0.25, -0.2) is 4.98 Å². The lowest BCUT2D eigenvalue weighted by atomic mass is 10.0. The lowest BCUT2D eigenvalue weighted by Crippen LogP contribution is -2.27. The molecule has 0 radical (unpaired) electrons. The lowest BCUT2D eigenvalue weighted by Gasteiger charge is -2.18. The number of imidazole rings is 1. The highest BCUT2D eigenvalue weighted by Crippen LogP contribution is 2.68. The van der Waals surface area contributed by atoms with Crippen LogP contribution in [0.25, 0.3) is 0 Å². The highest BCUT2D eigenvalue weighted by Gasteiger charge is 2.64. The molecule has 1 atom stereocenters. The SMILES string of the molecule is Cn1ccnc1C(NCC1C(C)(C)C1(C)C)c1cccs1. The average Bonchev–Trinajstić information content (AvgIpc) is 2.93. The molecule has 0 saturated heterocycles. The van der Waals surface area contributed by atoms with Gasteiger partial charge in [0.2, 0.25) is 0 Å². The van der Waals surface area contributed by atoms with E-state index in [1.54, 1.807) is 11.3 Å². The molecule has 2 heterocycles. The molecular weight excluding hydrogens is 278 g/mol. The summed E-state index contributed by atoms with van der Waals surface area (Å²) in [5.74, 6) is 1.81. The van der Waals surface area contributed by atoms with Crippen LogP contribution >= 0.6 is 11.3 Å². The van der Waals surface area contributed by atoms with Gasteiger partial charge in [-0.05, 0) is 28.2 Å². The van der Waals surface area contributed by atoms with Gasteiger partial charge in [0.25, 0.3) is 0 Å². The van der Waals surface area contributed by atoms with Crippen LogP contribution in [0.4, 0.5) is 0 Å². The molecule has 0 spiro atoms. The van der Waals surface area contributed by atoms with E-state index < -0.39 is 0 Å². The second-order valence-corrected chi connectivity index (χ2v) is 8.23. The molecule has 21 heavy (non-hydrogen) atoms. The minimum absolute atomic E-state index is 0.192. The zero-order valence-corrected chi connectivity index (χ0v) is 14.4. The Bertz CT molecular complexity index is 596. The molecule has 1 aliphatic rings. The van der Waals surface area contributed by atoms with E-state index in [1.807, 2.05) is 12.4 Å². The van der Waals surface area contributed by atoms with Crippen molar-refractivity contribution in [2.24, 2.45) is 23.8 Å². The van der Waals surface area contributed by atoms with E-state index in [4.69, 9.17) is 0 Å². The van der Waals surface area contributed by atoms with Crippen molar-refractivity contribution in [3.05, 3.63) is 40.6 Å². The maximum Gasteiger partial charge on any atom is 0.131 e. The van der Waals surface area contributed by atoms with Crippen LogP contribution in [0.15, 0.2) is 29.9 Å². The third kappa shape index (κ3) is 2.34. The number of rotatable bonds is 5. The fourth-order valence-electron chi connectivity index (χ4n) is 3.51. The summed E-state index contributed by atoms with van der Waals surface area (Å²) in [5.41, 5.74) is 0.837. The zero-order valence-electron chi connectivity index (χ0n) is 13.6. The standard InChI is InChI=1S/C17H25N3S/c1-16(2)13(17(16,3)4)11-19-14(12-7-6-10-21-12)15-18-8-9-20(15)5/h6-10,13-14,19H,11H2,1-5H3. The molecule has 0 amide bonds. The van der Waals surface area contributed by atoms with Crippen molar-refractivity contribution in [3.63, 3.8) is 0 Å². The molecule has 0 aliphatic heterocycles. The Balaban J connectivity index is 1.78. The molecular formula is C17H25N3S. The molecule has 4 heteroatoms. The average molecular weight is 303 g/mol. The fraction of sp³-hybridized carbons (Fsp3) is 0.588. The van der Waals surface area contributed by atoms with Gasteiger partial charge in [-0.15, -0.1) is 11.3 Å². The molecule has 3 rings (SSSR count). The van der Waals surface area contributed by atoms with Gasteiger partial charge in [0.15, 0.2) is 0 Å². The van der Waals surface area contributed by atoms with Gasteiger partial charge in [0, 0.05) is 30.9 Å². The maximum atomic E-state index is 4.55. The van der Waals surface area contributed by atoms with Crippen molar-refractivity contribution in [1.82, 2.24) is 14.9 Å². The molecule has 1 N–H and O–H groups in total. The van der Waals surface area contributed by atoms with Crippen molar-refractivity contribution in [2.75, 3.05) is 6.54 Å². The number of nitrogens with zero attached hydrogens (tertiary/aromatic N) is 2. The van der Waals surface area contributed by atoms with Crippen LogP contribution in [0.2, 0.25) is 0 Å². The molecule has 0 bridgehead atoms. The first-order chi connectivity index (χ1) is 9.85. The fourth-order valence-corrected chi connectivity index (χ4v) is 4.31. The predicted molar refractivity (Wildman–Crippen MR) is 88.4 cm³/mol. The van der Waals surface area contributed by atoms with Gasteiger partial charge in [-0.2, -0.15) is 0 Å².